The second-order valence-electron chi connectivity index (χ2n) is 9.99. The van der Waals surface area contributed by atoms with Crippen LogP contribution in [0.25, 0.3) is 0 Å². The molecule has 0 amide bonds. The monoisotopic (exact) mass is 276 g/mol. The van der Waals surface area contributed by atoms with E-state index in [-0.39, 0.29) is 0 Å². The average molecular weight is 277 g/mol. The van der Waals surface area contributed by atoms with Crippen molar-refractivity contribution in [1.82, 2.24) is 0 Å². The molecule has 0 saturated heterocycles. The first-order valence-corrected chi connectivity index (χ1v) is 9.35. The Morgan fingerprint density at radius 2 is 0.750 bits per heavy atom. The van der Waals surface area contributed by atoms with Crippen molar-refractivity contribution in [3.05, 3.63) is 0 Å². The fourth-order valence-electron chi connectivity index (χ4n) is 5.52. The summed E-state index contributed by atoms with van der Waals surface area (Å²) in [4.78, 5) is 0. The molecule has 4 unspecified atom stereocenters. The Kier molecular flexibility index (Phi) is 3.97. The molecular formula is C20H36. The van der Waals surface area contributed by atoms with E-state index in [4.69, 9.17) is 0 Å². The van der Waals surface area contributed by atoms with Gasteiger partial charge in [-0.25, -0.2) is 0 Å². The second kappa shape index (κ2) is 5.33. The first-order chi connectivity index (χ1) is 9.35. The van der Waals surface area contributed by atoms with Crippen LogP contribution >= 0.6 is 0 Å². The molecule has 0 aliphatic heterocycles. The molecule has 116 valence electrons. The third-order valence-electron chi connectivity index (χ3n) is 7.31. The molecule has 0 aromatic heterocycles. The Hall–Kier alpha value is 0. The van der Waals surface area contributed by atoms with E-state index >= 15 is 0 Å². The third kappa shape index (κ3) is 3.25. The highest BCUT2D eigenvalue weighted by atomic mass is 14.5. The van der Waals surface area contributed by atoms with Gasteiger partial charge in [0.2, 0.25) is 0 Å². The molecule has 4 atom stereocenters. The number of hydrogen-bond donors (Lipinski definition) is 0. The molecule has 3 aliphatic rings. The Balaban J connectivity index is 1.68. The van der Waals surface area contributed by atoms with Crippen LogP contribution in [0.4, 0.5) is 0 Å². The van der Waals surface area contributed by atoms with Crippen LogP contribution in [0.2, 0.25) is 0 Å². The maximum atomic E-state index is 2.50. The summed E-state index contributed by atoms with van der Waals surface area (Å²) in [5, 5.41) is 0. The van der Waals surface area contributed by atoms with Gasteiger partial charge in [0.15, 0.2) is 0 Å². The van der Waals surface area contributed by atoms with E-state index in [9.17, 15) is 0 Å². The van der Waals surface area contributed by atoms with Gasteiger partial charge in [-0.1, -0.05) is 27.7 Å². The van der Waals surface area contributed by atoms with Gasteiger partial charge in [-0.3, -0.25) is 0 Å². The van der Waals surface area contributed by atoms with Gasteiger partial charge in [0.05, 0.1) is 0 Å². The molecule has 0 bridgehead atoms. The summed E-state index contributed by atoms with van der Waals surface area (Å²) in [6, 6.07) is 0. The van der Waals surface area contributed by atoms with Gasteiger partial charge in [-0.05, 0) is 98.7 Å². The molecule has 3 aliphatic carbocycles. The van der Waals surface area contributed by atoms with E-state index in [0.717, 1.165) is 23.7 Å². The zero-order valence-electron chi connectivity index (χ0n) is 14.4. The summed E-state index contributed by atoms with van der Waals surface area (Å²) in [6.45, 7) is 10.0. The van der Waals surface area contributed by atoms with Gasteiger partial charge in [-0.15, -0.1) is 0 Å². The third-order valence-corrected chi connectivity index (χ3v) is 7.31. The van der Waals surface area contributed by atoms with Crippen molar-refractivity contribution in [3.63, 3.8) is 0 Å². The van der Waals surface area contributed by atoms with E-state index in [1.165, 1.54) is 51.4 Å². The predicted octanol–water partition coefficient (Wildman–Crippen LogP) is 6.45. The van der Waals surface area contributed by atoms with Crippen LogP contribution in [0.1, 0.15) is 91.9 Å². The Bertz CT molecular complexity index is 276. The molecule has 0 heteroatoms. The fraction of sp³-hybridized carbons (Fsp3) is 1.00. The summed E-state index contributed by atoms with van der Waals surface area (Å²) < 4.78 is 0. The van der Waals surface area contributed by atoms with Crippen LogP contribution in [0, 0.1) is 34.5 Å². The molecule has 0 aromatic carbocycles. The van der Waals surface area contributed by atoms with Crippen LogP contribution in [0.3, 0.4) is 0 Å². The minimum atomic E-state index is 0.626. The zero-order valence-corrected chi connectivity index (χ0v) is 14.4. The standard InChI is InChI=1S/C20H36/c1-19(2)9-5-15-13-17-7-11-20(3,4)12-8-18(17)14-16(15)6-10-19/h15-18H,5-14H2,1-4H3. The molecule has 0 radical (unpaired) electrons. The van der Waals surface area contributed by atoms with Gasteiger partial charge in [0.1, 0.15) is 0 Å². The normalized spacial score (nSPS) is 43.8. The molecule has 3 saturated carbocycles. The lowest BCUT2D eigenvalue weighted by Gasteiger charge is -2.40. The van der Waals surface area contributed by atoms with E-state index in [1.807, 2.05) is 0 Å². The molecule has 0 heterocycles. The largest absolute Gasteiger partial charge is 0.0599 e. The molecule has 0 spiro atoms. The molecule has 3 fully saturated rings. The van der Waals surface area contributed by atoms with Gasteiger partial charge < -0.3 is 0 Å². The molecule has 0 N–H and O–H groups in total. The second-order valence-corrected chi connectivity index (χ2v) is 9.99. The maximum Gasteiger partial charge on any atom is -0.0354 e. The van der Waals surface area contributed by atoms with E-state index in [1.54, 1.807) is 12.8 Å². The topological polar surface area (TPSA) is 0 Å². The SMILES string of the molecule is CC1(C)CCC2CC3CCC(C)(C)CCC3CC2CC1. The van der Waals surface area contributed by atoms with Crippen molar-refractivity contribution in [3.8, 4) is 0 Å². The summed E-state index contributed by atoms with van der Waals surface area (Å²) in [7, 11) is 0. The predicted molar refractivity (Wildman–Crippen MR) is 87.7 cm³/mol. The highest BCUT2D eigenvalue weighted by molar-refractivity contribution is 4.92. The summed E-state index contributed by atoms with van der Waals surface area (Å²) in [6.07, 6.45) is 15.2. The van der Waals surface area contributed by atoms with Crippen molar-refractivity contribution in [1.29, 1.82) is 0 Å². The number of fused-ring (bicyclic) bond motifs is 2. The van der Waals surface area contributed by atoms with E-state index in [2.05, 4.69) is 27.7 Å². The molecule has 20 heavy (non-hydrogen) atoms. The van der Waals surface area contributed by atoms with Crippen LogP contribution in [-0.2, 0) is 0 Å². The number of hydrogen-bond acceptors (Lipinski definition) is 0. The van der Waals surface area contributed by atoms with Crippen LogP contribution in [0.5, 0.6) is 0 Å². The minimum absolute atomic E-state index is 0.626. The molecule has 0 aromatic rings. The van der Waals surface area contributed by atoms with Gasteiger partial charge in [0.25, 0.3) is 0 Å². The first kappa shape index (κ1) is 14.9. The first-order valence-electron chi connectivity index (χ1n) is 9.35. The van der Waals surface area contributed by atoms with Crippen LogP contribution in [-0.4, -0.2) is 0 Å². The van der Waals surface area contributed by atoms with Crippen molar-refractivity contribution >= 4 is 0 Å². The lowest BCUT2D eigenvalue weighted by molar-refractivity contribution is 0.0998. The lowest BCUT2D eigenvalue weighted by atomic mass is 9.65. The Morgan fingerprint density at radius 3 is 1.00 bits per heavy atom. The van der Waals surface area contributed by atoms with Gasteiger partial charge in [-0.2, -0.15) is 0 Å². The van der Waals surface area contributed by atoms with Crippen molar-refractivity contribution in [2.45, 2.75) is 91.9 Å². The fourth-order valence-corrected chi connectivity index (χ4v) is 5.52. The Morgan fingerprint density at radius 1 is 0.500 bits per heavy atom. The van der Waals surface area contributed by atoms with E-state index in [0.29, 0.717) is 10.8 Å². The van der Waals surface area contributed by atoms with Crippen molar-refractivity contribution in [2.24, 2.45) is 34.5 Å². The average Bonchev–Trinajstić information content (AvgIpc) is 2.62. The van der Waals surface area contributed by atoms with Crippen LogP contribution < -0.4 is 0 Å². The molecule has 3 rings (SSSR count). The summed E-state index contributed by atoms with van der Waals surface area (Å²) in [5.41, 5.74) is 1.25. The maximum absolute atomic E-state index is 2.50. The van der Waals surface area contributed by atoms with Crippen molar-refractivity contribution in [2.75, 3.05) is 0 Å². The highest BCUT2D eigenvalue weighted by Crippen LogP contribution is 2.52. The smallest absolute Gasteiger partial charge is 0.0354 e. The minimum Gasteiger partial charge on any atom is -0.0599 e. The van der Waals surface area contributed by atoms with Crippen molar-refractivity contribution < 1.29 is 0 Å². The highest BCUT2D eigenvalue weighted by Gasteiger charge is 2.41. The number of rotatable bonds is 0. The summed E-state index contributed by atoms with van der Waals surface area (Å²) >= 11 is 0. The van der Waals surface area contributed by atoms with Gasteiger partial charge >= 0.3 is 0 Å². The molecular weight excluding hydrogens is 240 g/mol. The Labute approximate surface area is 127 Å². The summed E-state index contributed by atoms with van der Waals surface area (Å²) in [5.74, 6) is 4.33. The lowest BCUT2D eigenvalue weighted by Crippen LogP contribution is -2.30. The quantitative estimate of drug-likeness (QED) is 0.477. The van der Waals surface area contributed by atoms with E-state index < -0.39 is 0 Å². The zero-order chi connectivity index (χ0) is 14.4. The van der Waals surface area contributed by atoms with Crippen LogP contribution in [0.15, 0.2) is 0 Å². The van der Waals surface area contributed by atoms with Gasteiger partial charge in [0, 0.05) is 0 Å². The molecule has 0 nitrogen and oxygen atoms in total.